The fraction of sp³-hybridized carbons (Fsp3) is 0.391. The summed E-state index contributed by atoms with van der Waals surface area (Å²) in [6.07, 6.45) is 8.04. The van der Waals surface area contributed by atoms with Crippen molar-refractivity contribution in [1.29, 1.82) is 0 Å². The van der Waals surface area contributed by atoms with Gasteiger partial charge >= 0.3 is 170 Å². The first-order valence-electron chi connectivity index (χ1n) is 9.73. The van der Waals surface area contributed by atoms with Gasteiger partial charge in [-0.25, -0.2) is 0 Å². The molecule has 0 aliphatic carbocycles. The van der Waals surface area contributed by atoms with Crippen molar-refractivity contribution in [2.45, 2.75) is 58.8 Å². The Morgan fingerprint density at radius 1 is 0.808 bits per heavy atom. The Morgan fingerprint density at radius 3 is 2.04 bits per heavy atom. The van der Waals surface area contributed by atoms with E-state index < -0.39 is 0 Å². The molecule has 141 valence electrons. The van der Waals surface area contributed by atoms with Crippen LogP contribution in [-0.2, 0) is 19.4 Å². The van der Waals surface area contributed by atoms with E-state index in [1.807, 2.05) is 6.07 Å². The van der Waals surface area contributed by atoms with Gasteiger partial charge in [-0.1, -0.05) is 0 Å². The SMILES string of the molecule is CCCCCC(C(CCCC)=Nc1ccccc1)=[N+]([Pd])c1ccccc1. The molecule has 0 atom stereocenters. The molecule has 0 fully saturated rings. The normalized spacial score (nSPS) is 12.8. The molecule has 2 aromatic rings. The number of unbranched alkanes of at least 4 members (excludes halogenated alkanes) is 3. The number of aliphatic imine (C=N–C) groups is 1. The van der Waals surface area contributed by atoms with Gasteiger partial charge in [-0.05, 0) is 0 Å². The average molecular weight is 441 g/mol. The monoisotopic (exact) mass is 440 g/mol. The Bertz CT molecular complexity index is 706. The Hall–Kier alpha value is -1.56. The van der Waals surface area contributed by atoms with E-state index in [1.165, 1.54) is 42.8 Å². The molecule has 0 bridgehead atoms. The van der Waals surface area contributed by atoms with Gasteiger partial charge in [0.1, 0.15) is 0 Å². The van der Waals surface area contributed by atoms with E-state index in [-0.39, 0.29) is 0 Å². The van der Waals surface area contributed by atoms with Gasteiger partial charge in [0.25, 0.3) is 0 Å². The molecule has 26 heavy (non-hydrogen) atoms. The first-order chi connectivity index (χ1) is 12.8. The van der Waals surface area contributed by atoms with Crippen molar-refractivity contribution in [1.82, 2.24) is 0 Å². The number of hydrogen-bond donors (Lipinski definition) is 0. The van der Waals surface area contributed by atoms with Crippen LogP contribution in [0.2, 0.25) is 0 Å². The third kappa shape index (κ3) is 6.63. The molecule has 0 saturated heterocycles. The topological polar surface area (TPSA) is 15.4 Å². The van der Waals surface area contributed by atoms with Crippen molar-refractivity contribution in [2.24, 2.45) is 4.99 Å². The second-order valence-corrected chi connectivity index (χ2v) is 7.19. The van der Waals surface area contributed by atoms with Crippen LogP contribution in [0.4, 0.5) is 11.4 Å². The van der Waals surface area contributed by atoms with Crippen LogP contribution in [-0.4, -0.2) is 14.6 Å². The van der Waals surface area contributed by atoms with Crippen molar-refractivity contribution >= 4 is 22.8 Å². The Balaban J connectivity index is 2.45. The number of hydrogen-bond acceptors (Lipinski definition) is 1. The van der Waals surface area contributed by atoms with Crippen LogP contribution in [0.25, 0.3) is 0 Å². The van der Waals surface area contributed by atoms with Crippen LogP contribution in [0.1, 0.15) is 58.8 Å². The summed E-state index contributed by atoms with van der Waals surface area (Å²) < 4.78 is 2.19. The predicted octanol–water partition coefficient (Wildman–Crippen LogP) is 6.78. The molecular formula is C23H30N2Pd+. The van der Waals surface area contributed by atoms with Crippen molar-refractivity contribution in [2.75, 3.05) is 0 Å². The number of nitrogens with zero attached hydrogens (tertiary/aromatic N) is 2. The fourth-order valence-corrected chi connectivity index (χ4v) is 3.46. The zero-order chi connectivity index (χ0) is 18.6. The molecule has 0 heterocycles. The number of rotatable bonds is 10. The minimum absolute atomic E-state index is 1.01. The zero-order valence-electron chi connectivity index (χ0n) is 15.9. The average Bonchev–Trinajstić information content (AvgIpc) is 2.70. The Labute approximate surface area is 169 Å². The summed E-state index contributed by atoms with van der Waals surface area (Å²) in [6, 6.07) is 20.8. The van der Waals surface area contributed by atoms with Crippen molar-refractivity contribution in [3.8, 4) is 0 Å². The summed E-state index contributed by atoms with van der Waals surface area (Å²) in [7, 11) is 0. The summed E-state index contributed by atoms with van der Waals surface area (Å²) in [6.45, 7) is 4.49. The van der Waals surface area contributed by atoms with E-state index in [0.29, 0.717) is 0 Å². The second kappa shape index (κ2) is 11.9. The first kappa shape index (κ1) is 20.8. The standard InChI is InChI=1S/C23H30N2.Pd/c1-3-5-9-19-23(25-21-16-12-8-13-17-21)22(18-6-4-2)24-20-14-10-7-11-15-20;/h7-8,10-17H,3-6,9,18-19H2,1-2H3;/q;+1. The summed E-state index contributed by atoms with van der Waals surface area (Å²) >= 11 is 3.50. The number of benzene rings is 2. The maximum absolute atomic E-state index is 5.04. The predicted molar refractivity (Wildman–Crippen MR) is 109 cm³/mol. The summed E-state index contributed by atoms with van der Waals surface area (Å²) in [4.78, 5) is 5.04. The van der Waals surface area contributed by atoms with Gasteiger partial charge in [0.15, 0.2) is 0 Å². The molecule has 0 spiro atoms. The molecule has 2 rings (SSSR count). The van der Waals surface area contributed by atoms with Gasteiger partial charge < -0.3 is 0 Å². The number of para-hydroxylation sites is 2. The van der Waals surface area contributed by atoms with Crippen molar-refractivity contribution < 1.29 is 22.7 Å². The van der Waals surface area contributed by atoms with E-state index >= 15 is 0 Å². The van der Waals surface area contributed by atoms with Gasteiger partial charge in [-0.2, -0.15) is 0 Å². The summed E-state index contributed by atoms with van der Waals surface area (Å²) in [5.41, 5.74) is 4.69. The van der Waals surface area contributed by atoms with E-state index in [2.05, 4.69) is 91.1 Å². The van der Waals surface area contributed by atoms with Gasteiger partial charge in [-0.15, -0.1) is 0 Å². The molecule has 0 aromatic heterocycles. The third-order valence-corrected chi connectivity index (χ3v) is 5.15. The molecule has 3 heteroatoms. The van der Waals surface area contributed by atoms with Gasteiger partial charge in [-0.3, -0.25) is 0 Å². The molecule has 0 N–H and O–H groups in total. The molecule has 0 saturated carbocycles. The minimum atomic E-state index is 1.01. The molecule has 2 nitrogen and oxygen atoms in total. The maximum atomic E-state index is 5.04. The molecule has 0 amide bonds. The zero-order valence-corrected chi connectivity index (χ0v) is 17.5. The molecular weight excluding hydrogens is 411 g/mol. The molecule has 0 radical (unpaired) electrons. The van der Waals surface area contributed by atoms with Crippen molar-refractivity contribution in [3.05, 3.63) is 60.7 Å². The molecule has 0 aliphatic rings. The van der Waals surface area contributed by atoms with Crippen LogP contribution in [0.5, 0.6) is 0 Å². The van der Waals surface area contributed by atoms with E-state index in [1.54, 1.807) is 0 Å². The fourth-order valence-electron chi connectivity index (χ4n) is 2.86. The van der Waals surface area contributed by atoms with Crippen LogP contribution < -0.4 is 0 Å². The molecule has 0 aliphatic heterocycles. The van der Waals surface area contributed by atoms with Crippen LogP contribution in [0.15, 0.2) is 65.7 Å². The Kier molecular flexibility index (Phi) is 9.53. The van der Waals surface area contributed by atoms with Crippen LogP contribution >= 0.6 is 0 Å². The Morgan fingerprint density at radius 2 is 1.42 bits per heavy atom. The van der Waals surface area contributed by atoms with Gasteiger partial charge in [0.05, 0.1) is 0 Å². The van der Waals surface area contributed by atoms with Crippen LogP contribution in [0.3, 0.4) is 0 Å². The first-order valence-corrected chi connectivity index (χ1v) is 10.4. The van der Waals surface area contributed by atoms with E-state index in [4.69, 9.17) is 4.99 Å². The third-order valence-electron chi connectivity index (χ3n) is 4.32. The van der Waals surface area contributed by atoms with Crippen molar-refractivity contribution in [3.63, 3.8) is 0 Å². The van der Waals surface area contributed by atoms with E-state index in [0.717, 1.165) is 24.9 Å². The summed E-state index contributed by atoms with van der Waals surface area (Å²) in [5.74, 6) is 0. The molecule has 2 aromatic carbocycles. The van der Waals surface area contributed by atoms with Gasteiger partial charge in [0, 0.05) is 0 Å². The second-order valence-electron chi connectivity index (χ2n) is 6.49. The van der Waals surface area contributed by atoms with Gasteiger partial charge in [0.2, 0.25) is 0 Å². The quantitative estimate of drug-likeness (QED) is 0.220. The van der Waals surface area contributed by atoms with E-state index in [9.17, 15) is 0 Å². The molecule has 0 unspecified atom stereocenters. The van der Waals surface area contributed by atoms with Crippen LogP contribution in [0, 0.1) is 0 Å². The summed E-state index contributed by atoms with van der Waals surface area (Å²) in [5, 5.41) is 0.